The van der Waals surface area contributed by atoms with Crippen molar-refractivity contribution in [2.75, 3.05) is 19.5 Å². The van der Waals surface area contributed by atoms with Crippen LogP contribution in [0.4, 0.5) is 5.95 Å². The molecule has 0 aliphatic carbocycles. The molecule has 120 valence electrons. The molecule has 1 aliphatic rings. The lowest BCUT2D eigenvalue weighted by molar-refractivity contribution is -0.252. The average Bonchev–Trinajstić information content (AvgIpc) is 2.94. The van der Waals surface area contributed by atoms with E-state index in [4.69, 9.17) is 15.2 Å². The van der Waals surface area contributed by atoms with Crippen LogP contribution in [-0.4, -0.2) is 61.6 Å². The van der Waals surface area contributed by atoms with E-state index in [1.165, 1.54) is 6.20 Å². The lowest BCUT2D eigenvalue weighted by atomic mass is 10.1. The van der Waals surface area contributed by atoms with Crippen molar-refractivity contribution >= 4 is 27.6 Å². The second-order valence-corrected chi connectivity index (χ2v) is 5.75. The van der Waals surface area contributed by atoms with Crippen LogP contribution in [0.3, 0.4) is 0 Å². The molecule has 0 spiro atoms. The van der Waals surface area contributed by atoms with Crippen LogP contribution in [0.15, 0.2) is 11.0 Å². The number of hydrogen-bond donors (Lipinski definition) is 4. The Labute approximate surface area is 127 Å². The topological polar surface area (TPSA) is 153 Å². The van der Waals surface area contributed by atoms with E-state index in [1.54, 1.807) is 0 Å². The van der Waals surface area contributed by atoms with E-state index in [-0.39, 0.29) is 11.6 Å². The first kappa shape index (κ1) is 15.3. The second-order valence-electron chi connectivity index (χ2n) is 4.75. The molecule has 0 aromatic carbocycles. The molecule has 11 heteroatoms. The molecule has 2 aromatic heterocycles. The van der Waals surface area contributed by atoms with Gasteiger partial charge in [0.2, 0.25) is 11.7 Å². The van der Waals surface area contributed by atoms with Crippen molar-refractivity contribution in [3.8, 4) is 0 Å². The molecule has 3 rings (SSSR count). The molecule has 1 fully saturated rings. The van der Waals surface area contributed by atoms with Crippen LogP contribution >= 0.6 is 11.3 Å². The van der Waals surface area contributed by atoms with Crippen molar-refractivity contribution in [1.82, 2.24) is 14.5 Å². The van der Waals surface area contributed by atoms with Gasteiger partial charge in [-0.1, -0.05) is 11.3 Å². The van der Waals surface area contributed by atoms with Crippen LogP contribution in [0, 0.1) is 0 Å². The number of methoxy groups -OCH3 is 1. The summed E-state index contributed by atoms with van der Waals surface area (Å²) in [7, 11) is 1.16. The molecule has 0 unspecified atom stereocenters. The zero-order chi connectivity index (χ0) is 16.1. The van der Waals surface area contributed by atoms with E-state index in [9.17, 15) is 20.1 Å². The van der Waals surface area contributed by atoms with Gasteiger partial charge in [0.15, 0.2) is 18.0 Å². The summed E-state index contributed by atoms with van der Waals surface area (Å²) in [5.74, 6) is -2.20. The molecule has 1 saturated heterocycles. The fourth-order valence-electron chi connectivity index (χ4n) is 2.44. The Balaban J connectivity index is 2.14. The highest BCUT2D eigenvalue weighted by molar-refractivity contribution is 7.16. The van der Waals surface area contributed by atoms with E-state index in [1.807, 2.05) is 0 Å². The van der Waals surface area contributed by atoms with Crippen molar-refractivity contribution in [3.05, 3.63) is 15.9 Å². The van der Waals surface area contributed by atoms with E-state index >= 15 is 0 Å². The summed E-state index contributed by atoms with van der Waals surface area (Å²) in [6.45, 7) is -0.605. The number of anilines is 1. The largest absolute Gasteiger partial charge is 0.393 e. The lowest BCUT2D eigenvalue weighted by Crippen LogP contribution is -2.50. The molecule has 1 aliphatic heterocycles. The Morgan fingerprint density at radius 1 is 1.64 bits per heavy atom. The van der Waals surface area contributed by atoms with E-state index in [2.05, 4.69) is 9.97 Å². The van der Waals surface area contributed by atoms with Gasteiger partial charge in [-0.05, 0) is 0 Å². The number of aromatic nitrogens is 3. The van der Waals surface area contributed by atoms with Gasteiger partial charge < -0.3 is 30.5 Å². The summed E-state index contributed by atoms with van der Waals surface area (Å²) in [6, 6.07) is 0. The maximum absolute atomic E-state index is 12.2. The molecule has 5 N–H and O–H groups in total. The number of thiazole rings is 1. The molecular weight excluding hydrogens is 316 g/mol. The van der Waals surface area contributed by atoms with Gasteiger partial charge in [0.05, 0.1) is 17.5 Å². The predicted octanol–water partition coefficient (Wildman–Crippen LogP) is -1.98. The molecule has 22 heavy (non-hydrogen) atoms. The number of rotatable bonds is 3. The molecule has 0 amide bonds. The Morgan fingerprint density at radius 3 is 2.95 bits per heavy atom. The Kier molecular flexibility index (Phi) is 3.63. The number of hydrogen-bond acceptors (Lipinski definition) is 10. The molecule has 0 saturated carbocycles. The van der Waals surface area contributed by atoms with Crippen LogP contribution in [0.2, 0.25) is 0 Å². The third kappa shape index (κ3) is 2.02. The van der Waals surface area contributed by atoms with Gasteiger partial charge >= 0.3 is 4.87 Å². The van der Waals surface area contributed by atoms with Gasteiger partial charge in [-0.3, -0.25) is 9.36 Å². The molecular formula is C11H14N4O6S. The van der Waals surface area contributed by atoms with Gasteiger partial charge in [0.25, 0.3) is 0 Å². The molecule has 0 radical (unpaired) electrons. The number of nitrogens with two attached hydrogens (primary N) is 1. The first-order chi connectivity index (χ1) is 10.4. The molecule has 2 aromatic rings. The number of aliphatic hydroxyl groups excluding tert-OH is 2. The molecule has 10 nitrogen and oxygen atoms in total. The number of nitrogen functional groups attached to an aromatic ring is 1. The fourth-order valence-corrected chi connectivity index (χ4v) is 3.25. The lowest BCUT2D eigenvalue weighted by Gasteiger charge is -2.27. The highest BCUT2D eigenvalue weighted by Crippen LogP contribution is 2.38. The molecule has 3 heterocycles. The standard InChI is InChI=1S/C11H14N4O6S/c1-20-11(19)5(3-16)21-8(6(11)17)15-7-4(22-10(15)18)2-13-9(12)14-7/h2,5-6,8,16-17,19H,3H2,1H3,(H2,12,13,14)/t5-,6+,8-,11-/m1/s1. The minimum atomic E-state index is -2.15. The highest BCUT2D eigenvalue weighted by atomic mass is 32.1. The summed E-state index contributed by atoms with van der Waals surface area (Å²) in [5, 5.41) is 29.9. The minimum absolute atomic E-state index is 0.0488. The van der Waals surface area contributed by atoms with Crippen LogP contribution < -0.4 is 10.6 Å². The summed E-state index contributed by atoms with van der Waals surface area (Å²) in [4.78, 5) is 19.5. The maximum atomic E-state index is 12.2. The molecule has 4 atom stereocenters. The van der Waals surface area contributed by atoms with Crippen molar-refractivity contribution in [2.45, 2.75) is 24.2 Å². The third-order valence-electron chi connectivity index (χ3n) is 3.58. The Morgan fingerprint density at radius 2 is 2.36 bits per heavy atom. The van der Waals surface area contributed by atoms with Gasteiger partial charge in [0.1, 0.15) is 6.10 Å². The minimum Gasteiger partial charge on any atom is -0.393 e. The van der Waals surface area contributed by atoms with E-state index in [0.29, 0.717) is 4.70 Å². The number of nitrogens with zero attached hydrogens (tertiary/aromatic N) is 3. The number of aliphatic hydroxyl groups is 3. The average molecular weight is 330 g/mol. The first-order valence-electron chi connectivity index (χ1n) is 6.27. The summed E-state index contributed by atoms with van der Waals surface area (Å²) < 4.78 is 11.8. The number of fused-ring (bicyclic) bond motifs is 1. The van der Waals surface area contributed by atoms with Crippen LogP contribution in [0.25, 0.3) is 10.3 Å². The van der Waals surface area contributed by atoms with Crippen molar-refractivity contribution in [3.63, 3.8) is 0 Å². The van der Waals surface area contributed by atoms with Crippen molar-refractivity contribution in [1.29, 1.82) is 0 Å². The van der Waals surface area contributed by atoms with Crippen molar-refractivity contribution < 1.29 is 24.8 Å². The quantitative estimate of drug-likeness (QED) is 0.469. The van der Waals surface area contributed by atoms with Crippen LogP contribution in [0.1, 0.15) is 6.23 Å². The summed E-state index contributed by atoms with van der Waals surface area (Å²) >= 11 is 0.844. The normalized spacial score (nSPS) is 31.9. The van der Waals surface area contributed by atoms with E-state index in [0.717, 1.165) is 23.0 Å². The highest BCUT2D eigenvalue weighted by Gasteiger charge is 2.57. The van der Waals surface area contributed by atoms with Gasteiger partial charge in [-0.25, -0.2) is 4.98 Å². The van der Waals surface area contributed by atoms with Gasteiger partial charge in [-0.15, -0.1) is 0 Å². The van der Waals surface area contributed by atoms with Crippen LogP contribution in [0.5, 0.6) is 0 Å². The zero-order valence-corrected chi connectivity index (χ0v) is 12.2. The molecule has 0 bridgehead atoms. The smallest absolute Gasteiger partial charge is 0.311 e. The summed E-state index contributed by atoms with van der Waals surface area (Å²) in [5.41, 5.74) is 5.69. The zero-order valence-electron chi connectivity index (χ0n) is 11.4. The third-order valence-corrected chi connectivity index (χ3v) is 4.46. The second kappa shape index (κ2) is 5.22. The fraction of sp³-hybridized carbons (Fsp3) is 0.545. The predicted molar refractivity (Wildman–Crippen MR) is 75.0 cm³/mol. The monoisotopic (exact) mass is 330 g/mol. The van der Waals surface area contributed by atoms with Gasteiger partial charge in [0, 0.05) is 7.11 Å². The maximum Gasteiger partial charge on any atom is 0.311 e. The Bertz CT molecular complexity index is 763. The first-order valence-corrected chi connectivity index (χ1v) is 7.09. The van der Waals surface area contributed by atoms with Gasteiger partial charge in [-0.2, -0.15) is 4.98 Å². The summed E-state index contributed by atoms with van der Waals surface area (Å²) in [6.07, 6.45) is -2.73. The number of ether oxygens (including phenoxy) is 2. The van der Waals surface area contributed by atoms with E-state index < -0.39 is 35.7 Å². The van der Waals surface area contributed by atoms with Crippen molar-refractivity contribution in [2.24, 2.45) is 0 Å². The Hall–Kier alpha value is -1.63. The van der Waals surface area contributed by atoms with Crippen LogP contribution in [-0.2, 0) is 9.47 Å². The SMILES string of the molecule is CO[C@]1(O)[C@@H](CO)O[C@@H](n2c(=O)sc3cnc(N)nc32)[C@@H]1O.